The smallest absolute Gasteiger partial charge is 0.325 e. The van der Waals surface area contributed by atoms with Gasteiger partial charge in [-0.05, 0) is 44.0 Å². The number of nitrogens with zero attached hydrogens (tertiary/aromatic N) is 1. The Labute approximate surface area is 129 Å². The Morgan fingerprint density at radius 2 is 2.05 bits per heavy atom. The number of carbonyl (C=O) groups is 2. The van der Waals surface area contributed by atoms with Crippen LogP contribution in [0.4, 0.5) is 5.69 Å². The van der Waals surface area contributed by atoms with Crippen molar-refractivity contribution in [2.45, 2.75) is 32.4 Å². The van der Waals surface area contributed by atoms with Crippen molar-refractivity contribution in [2.75, 3.05) is 10.6 Å². The lowest BCUT2D eigenvalue weighted by Crippen LogP contribution is -2.38. The van der Waals surface area contributed by atoms with E-state index in [4.69, 9.17) is 5.11 Å². The number of benzene rings is 1. The average Bonchev–Trinajstić information content (AvgIpc) is 2.72. The van der Waals surface area contributed by atoms with Gasteiger partial charge in [-0.3, -0.25) is 13.9 Å². The Morgan fingerprint density at radius 3 is 2.59 bits per heavy atom. The van der Waals surface area contributed by atoms with Gasteiger partial charge in [-0.1, -0.05) is 0 Å². The topological polar surface area (TPSA) is 104 Å². The highest BCUT2D eigenvalue weighted by molar-refractivity contribution is 7.92. The van der Waals surface area contributed by atoms with E-state index in [0.717, 1.165) is 11.8 Å². The summed E-state index contributed by atoms with van der Waals surface area (Å²) in [5, 5.41) is 11.2. The number of rotatable bonds is 4. The molecule has 8 heteroatoms. The first-order chi connectivity index (χ1) is 10.1. The molecule has 1 heterocycles. The van der Waals surface area contributed by atoms with Crippen molar-refractivity contribution in [2.24, 2.45) is 0 Å². The normalized spacial score (nSPS) is 18.7. The molecule has 0 aliphatic carbocycles. The second kappa shape index (κ2) is 5.60. The molecule has 7 nitrogen and oxygen atoms in total. The van der Waals surface area contributed by atoms with Gasteiger partial charge in [0.1, 0.15) is 6.04 Å². The summed E-state index contributed by atoms with van der Waals surface area (Å²) in [4.78, 5) is 22.8. The Morgan fingerprint density at radius 1 is 1.41 bits per heavy atom. The molecule has 2 atom stereocenters. The summed E-state index contributed by atoms with van der Waals surface area (Å²) >= 11 is 0. The molecule has 1 amide bonds. The van der Waals surface area contributed by atoms with Crippen LogP contribution >= 0.6 is 0 Å². The van der Waals surface area contributed by atoms with Crippen molar-refractivity contribution in [3.63, 3.8) is 0 Å². The van der Waals surface area contributed by atoms with E-state index in [1.165, 1.54) is 17.3 Å². The quantitative estimate of drug-likeness (QED) is 0.843. The highest BCUT2D eigenvalue weighted by Crippen LogP contribution is 2.34. The molecule has 0 bridgehead atoms. The predicted molar refractivity (Wildman–Crippen MR) is 81.5 cm³/mol. The average molecular weight is 326 g/mol. The first kappa shape index (κ1) is 16.3. The monoisotopic (exact) mass is 326 g/mol. The van der Waals surface area contributed by atoms with E-state index >= 15 is 0 Å². The standard InChI is InChI=1S/C14H18N2O5S/c1-8-6-11-7-10(13(17)15-9(2)14(18)19)4-5-12(11)16(8)22(3,20)21/h4-5,7-9H,6H2,1-3H3,(H,15,17)(H,18,19)/t8-,9+/m0/s1. The van der Waals surface area contributed by atoms with Gasteiger partial charge in [0, 0.05) is 11.6 Å². The minimum atomic E-state index is -3.37. The van der Waals surface area contributed by atoms with E-state index in [9.17, 15) is 18.0 Å². The van der Waals surface area contributed by atoms with E-state index in [0.29, 0.717) is 17.7 Å². The largest absolute Gasteiger partial charge is 0.480 e. The lowest BCUT2D eigenvalue weighted by Gasteiger charge is -2.22. The number of nitrogens with one attached hydrogen (secondary N) is 1. The summed E-state index contributed by atoms with van der Waals surface area (Å²) in [6, 6.07) is 3.49. The fraction of sp³-hybridized carbons (Fsp3) is 0.429. The van der Waals surface area contributed by atoms with Gasteiger partial charge in [0.15, 0.2) is 0 Å². The van der Waals surface area contributed by atoms with Gasteiger partial charge in [0.05, 0.1) is 11.9 Å². The number of carbonyl (C=O) groups excluding carboxylic acids is 1. The first-order valence-electron chi connectivity index (χ1n) is 6.77. The van der Waals surface area contributed by atoms with Crippen molar-refractivity contribution in [1.29, 1.82) is 0 Å². The van der Waals surface area contributed by atoms with Crippen LogP contribution in [0.3, 0.4) is 0 Å². The van der Waals surface area contributed by atoms with Crippen LogP contribution in [0.15, 0.2) is 18.2 Å². The van der Waals surface area contributed by atoms with Crippen LogP contribution in [0, 0.1) is 0 Å². The molecule has 1 aliphatic heterocycles. The van der Waals surface area contributed by atoms with Crippen LogP contribution in [0.1, 0.15) is 29.8 Å². The van der Waals surface area contributed by atoms with Crippen LogP contribution in [0.5, 0.6) is 0 Å². The molecule has 0 fully saturated rings. The summed E-state index contributed by atoms with van der Waals surface area (Å²) in [5.74, 6) is -1.62. The molecule has 1 aromatic rings. The van der Waals surface area contributed by atoms with Crippen LogP contribution in [0.25, 0.3) is 0 Å². The number of hydrogen-bond acceptors (Lipinski definition) is 4. The molecule has 22 heavy (non-hydrogen) atoms. The van der Waals surface area contributed by atoms with E-state index in [-0.39, 0.29) is 6.04 Å². The maximum absolute atomic E-state index is 12.0. The number of carboxylic acids is 1. The zero-order chi connectivity index (χ0) is 16.7. The fourth-order valence-electron chi connectivity index (χ4n) is 2.59. The van der Waals surface area contributed by atoms with Gasteiger partial charge < -0.3 is 10.4 Å². The predicted octanol–water partition coefficient (Wildman–Crippen LogP) is 0.600. The number of fused-ring (bicyclic) bond motifs is 1. The van der Waals surface area contributed by atoms with Gasteiger partial charge in [-0.15, -0.1) is 0 Å². The van der Waals surface area contributed by atoms with Gasteiger partial charge in [0.2, 0.25) is 10.0 Å². The molecule has 0 saturated carbocycles. The zero-order valence-electron chi connectivity index (χ0n) is 12.5. The second-order valence-corrected chi connectivity index (χ2v) is 7.35. The van der Waals surface area contributed by atoms with Crippen LogP contribution in [0.2, 0.25) is 0 Å². The Hall–Kier alpha value is -2.09. The van der Waals surface area contributed by atoms with E-state index in [2.05, 4.69) is 5.32 Å². The number of sulfonamides is 1. The second-order valence-electron chi connectivity index (χ2n) is 5.49. The van der Waals surface area contributed by atoms with E-state index in [1.807, 2.05) is 0 Å². The zero-order valence-corrected chi connectivity index (χ0v) is 13.3. The van der Waals surface area contributed by atoms with Crippen molar-refractivity contribution >= 4 is 27.6 Å². The molecule has 0 unspecified atom stereocenters. The molecule has 1 aliphatic rings. The molecule has 1 aromatic carbocycles. The molecule has 2 N–H and O–H groups in total. The van der Waals surface area contributed by atoms with E-state index in [1.54, 1.807) is 19.1 Å². The fourth-order valence-corrected chi connectivity index (χ4v) is 3.85. The summed E-state index contributed by atoms with van der Waals surface area (Å²) in [5.41, 5.74) is 1.64. The van der Waals surface area contributed by atoms with Gasteiger partial charge in [-0.25, -0.2) is 8.42 Å². The van der Waals surface area contributed by atoms with E-state index < -0.39 is 27.9 Å². The van der Waals surface area contributed by atoms with Gasteiger partial charge in [-0.2, -0.15) is 0 Å². The molecular weight excluding hydrogens is 308 g/mol. The molecule has 0 spiro atoms. The lowest BCUT2D eigenvalue weighted by atomic mass is 10.1. The van der Waals surface area contributed by atoms with Gasteiger partial charge >= 0.3 is 5.97 Å². The minimum Gasteiger partial charge on any atom is -0.480 e. The Kier molecular flexibility index (Phi) is 4.15. The molecule has 0 aromatic heterocycles. The minimum absolute atomic E-state index is 0.207. The number of hydrogen-bond donors (Lipinski definition) is 2. The highest BCUT2D eigenvalue weighted by Gasteiger charge is 2.32. The summed E-state index contributed by atoms with van der Waals surface area (Å²) in [6.07, 6.45) is 1.66. The number of aliphatic carboxylic acids is 1. The molecule has 120 valence electrons. The number of carboxylic acid groups (broad SMARTS) is 1. The summed E-state index contributed by atoms with van der Waals surface area (Å²) in [7, 11) is -3.37. The summed E-state index contributed by atoms with van der Waals surface area (Å²) < 4.78 is 25.0. The van der Waals surface area contributed by atoms with Crippen molar-refractivity contribution in [1.82, 2.24) is 5.32 Å². The van der Waals surface area contributed by atoms with Gasteiger partial charge in [0.25, 0.3) is 5.91 Å². The molecule has 0 saturated heterocycles. The van der Waals surface area contributed by atoms with Crippen molar-refractivity contribution in [3.8, 4) is 0 Å². The highest BCUT2D eigenvalue weighted by atomic mass is 32.2. The SMILES string of the molecule is C[C@@H](NC(=O)c1ccc2c(c1)C[C@H](C)N2S(C)(=O)=O)C(=O)O. The Bertz CT molecular complexity index is 729. The van der Waals surface area contributed by atoms with Crippen LogP contribution < -0.4 is 9.62 Å². The van der Waals surface area contributed by atoms with Crippen LogP contribution in [-0.2, 0) is 21.2 Å². The molecule has 0 radical (unpaired) electrons. The maximum atomic E-state index is 12.0. The molecular formula is C14H18N2O5S. The summed E-state index contributed by atoms with van der Waals surface area (Å²) in [6.45, 7) is 3.17. The van der Waals surface area contributed by atoms with Crippen molar-refractivity contribution < 1.29 is 23.1 Å². The third kappa shape index (κ3) is 3.06. The number of amides is 1. The number of anilines is 1. The van der Waals surface area contributed by atoms with Crippen LogP contribution in [-0.4, -0.2) is 43.7 Å². The molecule has 2 rings (SSSR count). The third-order valence-electron chi connectivity index (χ3n) is 3.57. The lowest BCUT2D eigenvalue weighted by molar-refractivity contribution is -0.138. The van der Waals surface area contributed by atoms with Crippen molar-refractivity contribution in [3.05, 3.63) is 29.3 Å². The first-order valence-corrected chi connectivity index (χ1v) is 8.62. The third-order valence-corrected chi connectivity index (χ3v) is 4.84. The Balaban J connectivity index is 2.29. The maximum Gasteiger partial charge on any atom is 0.325 e.